The van der Waals surface area contributed by atoms with E-state index in [0.717, 1.165) is 66.8 Å². The van der Waals surface area contributed by atoms with E-state index in [4.69, 9.17) is 18.5 Å². The zero-order valence-electron chi connectivity index (χ0n) is 42.8. The van der Waals surface area contributed by atoms with E-state index in [1.165, 1.54) is 30.3 Å². The molecule has 1 aliphatic heterocycles. The summed E-state index contributed by atoms with van der Waals surface area (Å²) in [7, 11) is -1.95. The number of carbonyl (C=O) groups excluding carboxylic acids is 3. The number of aliphatic hydroxyl groups excluding tert-OH is 2. The zero-order chi connectivity index (χ0) is 54.9. The number of aliphatic hydroxyl groups is 2. The van der Waals surface area contributed by atoms with Gasteiger partial charge in [0.05, 0.1) is 53.5 Å². The average Bonchev–Trinajstić information content (AvgIpc) is 3.79. The van der Waals surface area contributed by atoms with Crippen LogP contribution in [0.4, 0.5) is 26.3 Å². The number of esters is 1. The standard InChI is InChI=1S/C45H63F3N3O9PS.C8H7F3S/c1-8-16-36(49-37(53)26-42(6,7)24-14-11-15-25-62-28-32-19-21-33(22-20-32)45(46,47)48)50-41(56)43(23-9-2)40-44(43,29-52)38(54)35(59-40)27-57-61(60-34-17-12-10-13-18-34)51-31(5)39(55)58-30(3)4;9-8(10,11)7-3-1-6(5-12)2-4-7/h8,10,12-13,16-22,30-31,35,38,40,51-52,54H,9,11,14-15,23-29H2,1-7H3,(H,49,50,53,56);1-4,12H,5H2/b16-8-;. The van der Waals surface area contributed by atoms with Crippen LogP contribution in [0.3, 0.4) is 0 Å². The summed E-state index contributed by atoms with van der Waals surface area (Å²) in [6, 6.07) is 18.3. The molecule has 410 valence electrons. The fourth-order valence-electron chi connectivity index (χ4n) is 8.75. The Balaban J connectivity index is 0.000000864. The van der Waals surface area contributed by atoms with Crippen LogP contribution >= 0.6 is 32.9 Å². The van der Waals surface area contributed by atoms with E-state index >= 15 is 0 Å². The fraction of sp³-hybridized carbons (Fsp3) is 0.547. The Morgan fingerprint density at radius 3 is 2.05 bits per heavy atom. The molecule has 2 aliphatic rings. The van der Waals surface area contributed by atoms with Gasteiger partial charge in [-0.3, -0.25) is 14.4 Å². The molecule has 0 bridgehead atoms. The van der Waals surface area contributed by atoms with Crippen molar-refractivity contribution >= 4 is 56.5 Å². The average molecular weight is 1100 g/mol. The van der Waals surface area contributed by atoms with Crippen molar-refractivity contribution in [2.24, 2.45) is 21.2 Å². The molecule has 0 aromatic heterocycles. The van der Waals surface area contributed by atoms with Gasteiger partial charge in [-0.2, -0.15) is 55.7 Å². The maximum absolute atomic E-state index is 14.2. The van der Waals surface area contributed by atoms with E-state index < -0.39 is 85.7 Å². The largest absolute Gasteiger partial charge is 0.462 e. The quantitative estimate of drug-likeness (QED) is 0.0104. The van der Waals surface area contributed by atoms with Crippen LogP contribution in [-0.4, -0.2) is 83.3 Å². The van der Waals surface area contributed by atoms with Crippen LogP contribution in [0.15, 0.2) is 96.0 Å². The number of carbonyl (C=O) groups is 3. The summed E-state index contributed by atoms with van der Waals surface area (Å²) in [5, 5.41) is 28.4. The summed E-state index contributed by atoms with van der Waals surface area (Å²) >= 11 is 5.61. The highest BCUT2D eigenvalue weighted by Crippen LogP contribution is 2.74. The first-order valence-corrected chi connectivity index (χ1v) is 27.5. The van der Waals surface area contributed by atoms with E-state index in [9.17, 15) is 50.9 Å². The molecular weight excluding hydrogens is 1030 g/mol. The van der Waals surface area contributed by atoms with Crippen LogP contribution in [0.1, 0.15) is 116 Å². The number of amides is 2. The molecule has 1 aliphatic carbocycles. The van der Waals surface area contributed by atoms with Gasteiger partial charge >= 0.3 is 26.8 Å². The van der Waals surface area contributed by atoms with Crippen LogP contribution < -0.4 is 14.9 Å². The number of unbranched alkanes of at least 4 members (excludes halogenated alkanes) is 2. The minimum Gasteiger partial charge on any atom is -0.462 e. The van der Waals surface area contributed by atoms with Gasteiger partial charge in [0.15, 0.2) is 0 Å². The number of nitrogens with zero attached hydrogens (tertiary/aromatic N) is 1. The van der Waals surface area contributed by atoms with Gasteiger partial charge in [-0.1, -0.05) is 88.6 Å². The molecule has 3 aromatic carbocycles. The molecule has 1 saturated carbocycles. The minimum absolute atomic E-state index is 0.0474. The fourth-order valence-corrected chi connectivity index (χ4v) is 11.1. The maximum atomic E-state index is 14.2. The number of para-hydroxylation sites is 1. The van der Waals surface area contributed by atoms with Crippen molar-refractivity contribution in [3.8, 4) is 5.75 Å². The number of thioether (sulfide) groups is 1. The van der Waals surface area contributed by atoms with Crippen LogP contribution in [-0.2, 0) is 52.2 Å². The Kier molecular flexibility index (Phi) is 24.0. The molecule has 2 amide bonds. The van der Waals surface area contributed by atoms with E-state index in [2.05, 4.69) is 28.0 Å². The third-order valence-electron chi connectivity index (χ3n) is 12.5. The van der Waals surface area contributed by atoms with Gasteiger partial charge in [0.2, 0.25) is 5.91 Å². The summed E-state index contributed by atoms with van der Waals surface area (Å²) in [5.41, 5.74) is -2.71. The number of nitrogens with one attached hydrogen (secondary N) is 2. The topological polar surface area (TPSA) is 165 Å². The van der Waals surface area contributed by atoms with Crippen molar-refractivity contribution < 1.29 is 69.5 Å². The number of amidine groups is 1. The summed E-state index contributed by atoms with van der Waals surface area (Å²) in [6.07, 6.45) is -4.36. The Hall–Kier alpha value is -4.01. The summed E-state index contributed by atoms with van der Waals surface area (Å²) in [6.45, 7) is 12.0. The van der Waals surface area contributed by atoms with E-state index in [-0.39, 0.29) is 42.7 Å². The molecule has 2 fully saturated rings. The molecule has 74 heavy (non-hydrogen) atoms. The number of halogens is 6. The second-order valence-electron chi connectivity index (χ2n) is 19.3. The summed E-state index contributed by atoms with van der Waals surface area (Å²) in [5.74, 6) is 1.07. The highest BCUT2D eigenvalue weighted by atomic mass is 32.2. The van der Waals surface area contributed by atoms with Crippen molar-refractivity contribution in [3.05, 3.63) is 113 Å². The highest BCUT2D eigenvalue weighted by molar-refractivity contribution is 7.98. The number of hydrogen-bond donors (Lipinski definition) is 5. The number of fused-ring (bicyclic) bond motifs is 1. The van der Waals surface area contributed by atoms with Gasteiger partial charge in [0.25, 0.3) is 5.91 Å². The Labute approximate surface area is 441 Å². The lowest BCUT2D eigenvalue weighted by Gasteiger charge is -2.30. The number of thiol groups is 1. The first-order valence-electron chi connectivity index (χ1n) is 24.5. The molecule has 3 aromatic rings. The van der Waals surface area contributed by atoms with Gasteiger partial charge in [-0.25, -0.2) is 5.09 Å². The number of rotatable bonds is 25. The lowest BCUT2D eigenvalue weighted by atomic mass is 9.82. The first-order chi connectivity index (χ1) is 34.9. The van der Waals surface area contributed by atoms with Gasteiger partial charge in [-0.15, -0.1) is 0 Å². The lowest BCUT2D eigenvalue weighted by molar-refractivity contribution is -0.149. The molecule has 7 unspecified atom stereocenters. The van der Waals surface area contributed by atoms with Crippen molar-refractivity contribution in [1.29, 1.82) is 0 Å². The van der Waals surface area contributed by atoms with E-state index in [1.807, 2.05) is 26.8 Å². The number of ether oxygens (including phenoxy) is 2. The number of hydrogen-bond acceptors (Lipinski definition) is 12. The third-order valence-corrected chi connectivity index (χ3v) is 15.4. The number of allylic oxidation sites excluding steroid dienone is 1. The monoisotopic (exact) mass is 1100 g/mol. The molecule has 1 heterocycles. The molecule has 7 atom stereocenters. The van der Waals surface area contributed by atoms with Crippen molar-refractivity contribution in [2.75, 3.05) is 19.0 Å². The molecule has 4 N–H and O–H groups in total. The molecule has 0 radical (unpaired) electrons. The SMILES string of the molecule is C/C=C\C(=NC(=O)C1(CCC)C2OC(COP(NC(C)C(=O)OC(C)C)Oc3ccccc3)C(O)C21CO)NC(=O)CC(C)(C)CCCCCSCc1ccc(C(F)(F)F)cc1.FC(F)(F)c1ccc(CS)cc1. The number of aliphatic imine (C=N–C) groups is 1. The van der Waals surface area contributed by atoms with Crippen molar-refractivity contribution in [1.82, 2.24) is 10.4 Å². The normalized spacial score (nSPS) is 21.6. The van der Waals surface area contributed by atoms with E-state index in [1.54, 1.807) is 69.8 Å². The van der Waals surface area contributed by atoms with Crippen LogP contribution in [0, 0.1) is 16.2 Å². The second kappa shape index (κ2) is 28.4. The van der Waals surface area contributed by atoms with Crippen LogP contribution in [0.2, 0.25) is 0 Å². The Bertz CT molecular complexity index is 2310. The predicted molar refractivity (Wildman–Crippen MR) is 279 cm³/mol. The lowest BCUT2D eigenvalue weighted by Crippen LogP contribution is -2.44. The molecule has 1 saturated heterocycles. The highest BCUT2D eigenvalue weighted by Gasteiger charge is 2.87. The second-order valence-corrected chi connectivity index (χ2v) is 21.9. The predicted octanol–water partition coefficient (Wildman–Crippen LogP) is 11.8. The molecule has 5 rings (SSSR count). The maximum Gasteiger partial charge on any atom is 0.416 e. The number of alkyl halides is 6. The summed E-state index contributed by atoms with van der Waals surface area (Å²) < 4.78 is 98.2. The molecular formula is C53H70F6N3O9PS2. The zero-order valence-corrected chi connectivity index (χ0v) is 45.4. The van der Waals surface area contributed by atoms with Gasteiger partial charge in [0, 0.05) is 17.9 Å². The van der Waals surface area contributed by atoms with Crippen LogP contribution in [0.25, 0.3) is 0 Å². The Morgan fingerprint density at radius 1 is 0.919 bits per heavy atom. The van der Waals surface area contributed by atoms with Gasteiger partial charge in [-0.05, 0) is 112 Å². The van der Waals surface area contributed by atoms with Gasteiger partial charge < -0.3 is 34.1 Å². The minimum atomic E-state index is -4.34. The van der Waals surface area contributed by atoms with E-state index in [0.29, 0.717) is 23.7 Å². The first kappa shape index (κ1) is 62.5. The molecule has 0 spiro atoms. The van der Waals surface area contributed by atoms with Crippen molar-refractivity contribution in [2.45, 2.75) is 148 Å². The Morgan fingerprint density at radius 2 is 1.53 bits per heavy atom. The summed E-state index contributed by atoms with van der Waals surface area (Å²) in [4.78, 5) is 44.5. The van der Waals surface area contributed by atoms with Crippen molar-refractivity contribution in [3.63, 3.8) is 0 Å². The van der Waals surface area contributed by atoms with Gasteiger partial charge in [0.1, 0.15) is 23.7 Å². The number of benzene rings is 3. The van der Waals surface area contributed by atoms with Crippen LogP contribution in [0.5, 0.6) is 5.75 Å². The molecule has 12 nitrogen and oxygen atoms in total. The smallest absolute Gasteiger partial charge is 0.416 e. The third kappa shape index (κ3) is 17.5. The molecule has 21 heteroatoms.